The number of hydrazine groups is 1. The third kappa shape index (κ3) is 9.73. The van der Waals surface area contributed by atoms with Crippen LogP contribution in [0.1, 0.15) is 25.7 Å². The van der Waals surface area contributed by atoms with Gasteiger partial charge in [0.05, 0.1) is 0 Å². The summed E-state index contributed by atoms with van der Waals surface area (Å²) in [5.74, 6) is -1.27. The van der Waals surface area contributed by atoms with Crippen LogP contribution < -0.4 is 16.9 Å². The zero-order chi connectivity index (χ0) is 13.3. The van der Waals surface area contributed by atoms with Crippen molar-refractivity contribution in [3.05, 3.63) is 0 Å². The van der Waals surface area contributed by atoms with Crippen molar-refractivity contribution in [3.8, 4) is 0 Å². The Morgan fingerprint density at radius 2 is 2.06 bits per heavy atom. The number of hydrogen-bond acceptors (Lipinski definition) is 5. The average Bonchev–Trinajstić information content (AvgIpc) is 2.15. The van der Waals surface area contributed by atoms with E-state index in [0.717, 1.165) is 19.3 Å². The SMILES string of the molecule is CN(CC(=O)O)NC(=O)C[C@@H](N)CCCCN. The summed E-state index contributed by atoms with van der Waals surface area (Å²) in [6.45, 7) is 0.383. The molecule has 0 saturated heterocycles. The number of carbonyl (C=O) groups excluding carboxylic acids is 1. The summed E-state index contributed by atoms with van der Waals surface area (Å²) < 4.78 is 0. The largest absolute Gasteiger partial charge is 0.480 e. The Kier molecular flexibility index (Phi) is 8.29. The van der Waals surface area contributed by atoms with Crippen LogP contribution in [0.2, 0.25) is 0 Å². The Hall–Kier alpha value is -1.18. The zero-order valence-electron chi connectivity index (χ0n) is 10.2. The van der Waals surface area contributed by atoms with Crippen molar-refractivity contribution < 1.29 is 14.7 Å². The quantitative estimate of drug-likeness (QED) is 0.302. The summed E-state index contributed by atoms with van der Waals surface area (Å²) in [7, 11) is 1.49. The molecule has 0 aromatic carbocycles. The van der Waals surface area contributed by atoms with Crippen LogP contribution in [0.3, 0.4) is 0 Å². The van der Waals surface area contributed by atoms with Crippen molar-refractivity contribution in [3.63, 3.8) is 0 Å². The Morgan fingerprint density at radius 1 is 1.41 bits per heavy atom. The molecule has 0 aromatic rings. The first-order valence-corrected chi connectivity index (χ1v) is 5.63. The van der Waals surface area contributed by atoms with Crippen molar-refractivity contribution in [2.24, 2.45) is 11.5 Å². The van der Waals surface area contributed by atoms with Crippen LogP contribution in [0, 0.1) is 0 Å². The number of unbranched alkanes of at least 4 members (excludes halogenated alkanes) is 1. The highest BCUT2D eigenvalue weighted by atomic mass is 16.4. The second-order valence-corrected chi connectivity index (χ2v) is 4.03. The van der Waals surface area contributed by atoms with Crippen molar-refractivity contribution in [2.45, 2.75) is 31.7 Å². The molecule has 0 radical (unpaired) electrons. The number of carboxylic acid groups (broad SMARTS) is 1. The molecule has 1 amide bonds. The highest BCUT2D eigenvalue weighted by Crippen LogP contribution is 2.01. The van der Waals surface area contributed by atoms with Gasteiger partial charge in [-0.05, 0) is 19.4 Å². The molecule has 6 N–H and O–H groups in total. The normalized spacial score (nSPS) is 12.5. The number of aliphatic carboxylic acids is 1. The van der Waals surface area contributed by atoms with Crippen LogP contribution >= 0.6 is 0 Å². The number of carboxylic acids is 1. The molecular weight excluding hydrogens is 224 g/mol. The van der Waals surface area contributed by atoms with Gasteiger partial charge in [-0.3, -0.25) is 15.0 Å². The molecule has 1 atom stereocenters. The Labute approximate surface area is 101 Å². The lowest BCUT2D eigenvalue weighted by molar-refractivity contribution is -0.139. The third-order valence-electron chi connectivity index (χ3n) is 2.16. The maximum Gasteiger partial charge on any atom is 0.319 e. The van der Waals surface area contributed by atoms with Crippen LogP contribution in [-0.4, -0.2) is 48.2 Å². The van der Waals surface area contributed by atoms with E-state index in [-0.39, 0.29) is 24.9 Å². The summed E-state index contributed by atoms with van der Waals surface area (Å²) in [6, 6.07) is -0.209. The molecule has 0 aliphatic heterocycles. The molecule has 0 unspecified atom stereocenters. The van der Waals surface area contributed by atoms with Gasteiger partial charge in [-0.15, -0.1) is 0 Å². The molecule has 0 fully saturated rings. The number of nitrogens with one attached hydrogen (secondary N) is 1. The Balaban J connectivity index is 3.73. The molecule has 0 aromatic heterocycles. The number of likely N-dealkylation sites (N-methyl/N-ethyl adjacent to an activating group) is 1. The monoisotopic (exact) mass is 246 g/mol. The lowest BCUT2D eigenvalue weighted by Gasteiger charge is -2.17. The van der Waals surface area contributed by atoms with E-state index >= 15 is 0 Å². The fraction of sp³-hybridized carbons (Fsp3) is 0.800. The molecule has 0 bridgehead atoms. The number of nitrogens with zero attached hydrogens (tertiary/aromatic N) is 1. The summed E-state index contributed by atoms with van der Waals surface area (Å²) in [5, 5.41) is 9.71. The molecular formula is C10H22N4O3. The van der Waals surface area contributed by atoms with Gasteiger partial charge in [0.15, 0.2) is 0 Å². The molecule has 7 heteroatoms. The fourth-order valence-electron chi connectivity index (χ4n) is 1.39. The first-order chi connectivity index (χ1) is 7.95. The van der Waals surface area contributed by atoms with Crippen LogP contribution in [-0.2, 0) is 9.59 Å². The number of nitrogens with two attached hydrogens (primary N) is 2. The van der Waals surface area contributed by atoms with E-state index in [1.807, 2.05) is 0 Å². The predicted molar refractivity (Wildman–Crippen MR) is 63.9 cm³/mol. The van der Waals surface area contributed by atoms with Crippen LogP contribution in [0.15, 0.2) is 0 Å². The molecule has 0 heterocycles. The van der Waals surface area contributed by atoms with Gasteiger partial charge in [-0.2, -0.15) is 0 Å². The maximum atomic E-state index is 11.4. The molecule has 0 saturated carbocycles. The first kappa shape index (κ1) is 15.8. The third-order valence-corrected chi connectivity index (χ3v) is 2.16. The van der Waals surface area contributed by atoms with Gasteiger partial charge in [0.1, 0.15) is 6.54 Å². The number of rotatable bonds is 9. The van der Waals surface area contributed by atoms with Crippen molar-refractivity contribution in [2.75, 3.05) is 20.1 Å². The molecule has 7 nitrogen and oxygen atoms in total. The van der Waals surface area contributed by atoms with Gasteiger partial charge in [-0.1, -0.05) is 6.42 Å². The van der Waals surface area contributed by atoms with E-state index < -0.39 is 5.97 Å². The van der Waals surface area contributed by atoms with Gasteiger partial charge in [0.2, 0.25) is 5.91 Å². The number of carbonyl (C=O) groups is 2. The zero-order valence-corrected chi connectivity index (χ0v) is 10.2. The van der Waals surface area contributed by atoms with Gasteiger partial charge >= 0.3 is 5.97 Å². The Morgan fingerprint density at radius 3 is 2.59 bits per heavy atom. The first-order valence-electron chi connectivity index (χ1n) is 5.63. The molecule has 17 heavy (non-hydrogen) atoms. The number of hydrogen-bond donors (Lipinski definition) is 4. The summed E-state index contributed by atoms with van der Waals surface area (Å²) in [5.41, 5.74) is 13.5. The standard InChI is InChI=1S/C10H22N4O3/c1-14(7-10(16)17)13-9(15)6-8(12)4-2-3-5-11/h8H,2-7,11-12H2,1H3,(H,13,15)(H,16,17)/t8-/m0/s1. The minimum Gasteiger partial charge on any atom is -0.480 e. The average molecular weight is 246 g/mol. The van der Waals surface area contributed by atoms with Crippen LogP contribution in [0.5, 0.6) is 0 Å². The van der Waals surface area contributed by atoms with Gasteiger partial charge < -0.3 is 16.6 Å². The highest BCUT2D eigenvalue weighted by molar-refractivity contribution is 5.76. The smallest absolute Gasteiger partial charge is 0.319 e. The second kappa shape index (κ2) is 8.91. The summed E-state index contributed by atoms with van der Waals surface area (Å²) >= 11 is 0. The molecule has 0 spiro atoms. The van der Waals surface area contributed by atoms with Gasteiger partial charge in [0, 0.05) is 19.5 Å². The van der Waals surface area contributed by atoms with E-state index in [0.29, 0.717) is 6.54 Å². The second-order valence-electron chi connectivity index (χ2n) is 4.03. The maximum absolute atomic E-state index is 11.4. The van der Waals surface area contributed by atoms with Crippen LogP contribution in [0.4, 0.5) is 0 Å². The molecule has 0 aliphatic carbocycles. The summed E-state index contributed by atoms with van der Waals surface area (Å²) in [6.07, 6.45) is 2.73. The van der Waals surface area contributed by atoms with Crippen LogP contribution in [0.25, 0.3) is 0 Å². The van der Waals surface area contributed by atoms with Crippen molar-refractivity contribution in [1.82, 2.24) is 10.4 Å². The fourth-order valence-corrected chi connectivity index (χ4v) is 1.39. The van der Waals surface area contributed by atoms with E-state index in [9.17, 15) is 9.59 Å². The summed E-state index contributed by atoms with van der Waals surface area (Å²) in [4.78, 5) is 21.8. The highest BCUT2D eigenvalue weighted by Gasteiger charge is 2.12. The van der Waals surface area contributed by atoms with E-state index in [2.05, 4.69) is 5.43 Å². The lowest BCUT2D eigenvalue weighted by atomic mass is 10.1. The van der Waals surface area contributed by atoms with E-state index in [4.69, 9.17) is 16.6 Å². The minimum absolute atomic E-state index is 0.189. The topological polar surface area (TPSA) is 122 Å². The van der Waals surface area contributed by atoms with Gasteiger partial charge in [-0.25, -0.2) is 5.01 Å². The number of amides is 1. The lowest BCUT2D eigenvalue weighted by Crippen LogP contribution is -2.44. The van der Waals surface area contributed by atoms with Crippen molar-refractivity contribution in [1.29, 1.82) is 0 Å². The van der Waals surface area contributed by atoms with E-state index in [1.54, 1.807) is 0 Å². The molecule has 0 aliphatic rings. The molecule has 0 rings (SSSR count). The van der Waals surface area contributed by atoms with Crippen molar-refractivity contribution >= 4 is 11.9 Å². The predicted octanol–water partition coefficient (Wildman–Crippen LogP) is -1.12. The Bertz CT molecular complexity index is 248. The van der Waals surface area contributed by atoms with E-state index in [1.165, 1.54) is 12.1 Å². The molecule has 100 valence electrons. The van der Waals surface area contributed by atoms with Gasteiger partial charge in [0.25, 0.3) is 0 Å². The minimum atomic E-state index is -1.000.